The summed E-state index contributed by atoms with van der Waals surface area (Å²) in [5.74, 6) is 0.554. The highest BCUT2D eigenvalue weighted by Gasteiger charge is 2.10. The summed E-state index contributed by atoms with van der Waals surface area (Å²) in [6.45, 7) is 0. The van der Waals surface area contributed by atoms with Crippen LogP contribution in [0.5, 0.6) is 0 Å². The maximum atomic E-state index is 6.14. The van der Waals surface area contributed by atoms with Gasteiger partial charge in [0.05, 0.1) is 28.5 Å². The van der Waals surface area contributed by atoms with Crippen LogP contribution in [-0.2, 0) is 0 Å². The Labute approximate surface area is 159 Å². The molecule has 2 aromatic heterocycles. The summed E-state index contributed by atoms with van der Waals surface area (Å²) in [7, 11) is 0. The van der Waals surface area contributed by atoms with Gasteiger partial charge >= 0.3 is 0 Å². The Morgan fingerprint density at radius 2 is 1.88 bits per heavy atom. The Bertz CT molecular complexity index is 1090. The smallest absolute Gasteiger partial charge is 0.168 e. The van der Waals surface area contributed by atoms with E-state index in [0.29, 0.717) is 21.5 Å². The second-order valence-electron chi connectivity index (χ2n) is 5.39. The van der Waals surface area contributed by atoms with Crippen LogP contribution in [0.1, 0.15) is 5.56 Å². The first-order valence-corrected chi connectivity index (χ1v) is 8.46. The van der Waals surface area contributed by atoms with E-state index in [2.05, 4.69) is 25.6 Å². The van der Waals surface area contributed by atoms with E-state index in [1.165, 1.54) is 6.33 Å². The van der Waals surface area contributed by atoms with E-state index >= 15 is 0 Å². The van der Waals surface area contributed by atoms with Crippen molar-refractivity contribution in [2.75, 3.05) is 5.43 Å². The second kappa shape index (κ2) is 7.11. The van der Waals surface area contributed by atoms with Gasteiger partial charge in [0.25, 0.3) is 0 Å². The molecule has 0 amide bonds. The zero-order chi connectivity index (χ0) is 17.9. The molecule has 4 rings (SSSR count). The van der Waals surface area contributed by atoms with Gasteiger partial charge in [0.2, 0.25) is 0 Å². The Kier molecular flexibility index (Phi) is 4.51. The SMILES string of the molecule is Clc1ccc(C=NNc2ncnc3c2cnn3-c2ccccc2)c(Cl)c1. The van der Waals surface area contributed by atoms with E-state index in [4.69, 9.17) is 23.2 Å². The first-order chi connectivity index (χ1) is 12.7. The van der Waals surface area contributed by atoms with E-state index in [0.717, 1.165) is 16.6 Å². The molecule has 0 aliphatic rings. The zero-order valence-corrected chi connectivity index (χ0v) is 14.9. The van der Waals surface area contributed by atoms with Crippen molar-refractivity contribution >= 4 is 46.3 Å². The Balaban J connectivity index is 1.63. The number of hydrogen-bond donors (Lipinski definition) is 1. The van der Waals surface area contributed by atoms with Crippen LogP contribution in [0.25, 0.3) is 16.7 Å². The summed E-state index contributed by atoms with van der Waals surface area (Å²) in [6.07, 6.45) is 4.78. The van der Waals surface area contributed by atoms with Crippen molar-refractivity contribution in [3.63, 3.8) is 0 Å². The predicted octanol–water partition coefficient (Wildman–Crippen LogP) is 4.57. The lowest BCUT2D eigenvalue weighted by atomic mass is 10.2. The standard InChI is InChI=1S/C18H12Cl2N6/c19-13-7-6-12(16(20)8-13)9-23-25-17-15-10-24-26(18(15)22-11-21-17)14-4-2-1-3-5-14/h1-11H,(H,21,22,25). The highest BCUT2D eigenvalue weighted by molar-refractivity contribution is 6.36. The number of nitrogens with one attached hydrogen (secondary N) is 1. The number of nitrogens with zero attached hydrogens (tertiary/aromatic N) is 5. The van der Waals surface area contributed by atoms with Crippen LogP contribution in [0.2, 0.25) is 10.0 Å². The molecule has 0 radical (unpaired) electrons. The largest absolute Gasteiger partial charge is 0.261 e. The molecule has 0 fully saturated rings. The molecular formula is C18H12Cl2N6. The van der Waals surface area contributed by atoms with Crippen LogP contribution in [0, 0.1) is 0 Å². The Morgan fingerprint density at radius 3 is 2.69 bits per heavy atom. The average Bonchev–Trinajstić information content (AvgIpc) is 3.09. The number of benzene rings is 2. The molecule has 0 aliphatic heterocycles. The molecule has 0 spiro atoms. The van der Waals surface area contributed by atoms with Crippen molar-refractivity contribution in [2.45, 2.75) is 0 Å². The number of para-hydroxylation sites is 1. The molecular weight excluding hydrogens is 371 g/mol. The third kappa shape index (κ3) is 3.24. The second-order valence-corrected chi connectivity index (χ2v) is 6.23. The normalized spacial score (nSPS) is 11.3. The van der Waals surface area contributed by atoms with Gasteiger partial charge in [0, 0.05) is 10.6 Å². The summed E-state index contributed by atoms with van der Waals surface area (Å²) < 4.78 is 1.75. The molecule has 0 bridgehead atoms. The third-order valence-electron chi connectivity index (χ3n) is 3.70. The fourth-order valence-electron chi connectivity index (χ4n) is 2.46. The number of halogens is 2. The highest BCUT2D eigenvalue weighted by atomic mass is 35.5. The molecule has 26 heavy (non-hydrogen) atoms. The van der Waals surface area contributed by atoms with Gasteiger partial charge in [-0.1, -0.05) is 47.5 Å². The molecule has 0 saturated heterocycles. The van der Waals surface area contributed by atoms with Gasteiger partial charge in [-0.3, -0.25) is 5.43 Å². The number of aromatic nitrogens is 4. The fraction of sp³-hybridized carbons (Fsp3) is 0. The molecule has 0 unspecified atom stereocenters. The molecule has 2 aromatic carbocycles. The van der Waals surface area contributed by atoms with Crippen molar-refractivity contribution in [1.82, 2.24) is 19.7 Å². The summed E-state index contributed by atoms with van der Waals surface area (Å²) in [5.41, 5.74) is 5.27. The number of hydrogen-bond acceptors (Lipinski definition) is 5. The third-order valence-corrected chi connectivity index (χ3v) is 4.27. The van der Waals surface area contributed by atoms with Gasteiger partial charge in [-0.05, 0) is 24.3 Å². The van der Waals surface area contributed by atoms with Crippen LogP contribution >= 0.6 is 23.2 Å². The van der Waals surface area contributed by atoms with Crippen molar-refractivity contribution in [2.24, 2.45) is 5.10 Å². The molecule has 0 aliphatic carbocycles. The van der Waals surface area contributed by atoms with E-state index in [1.807, 2.05) is 30.3 Å². The minimum absolute atomic E-state index is 0.521. The molecule has 0 saturated carbocycles. The number of fused-ring (bicyclic) bond motifs is 1. The molecule has 6 nitrogen and oxygen atoms in total. The Morgan fingerprint density at radius 1 is 1.04 bits per heavy atom. The quantitative estimate of drug-likeness (QED) is 0.414. The van der Waals surface area contributed by atoms with Crippen LogP contribution < -0.4 is 5.43 Å². The molecule has 2 heterocycles. The van der Waals surface area contributed by atoms with Gasteiger partial charge in [-0.25, -0.2) is 14.6 Å². The molecule has 4 aromatic rings. The van der Waals surface area contributed by atoms with Gasteiger partial charge < -0.3 is 0 Å². The lowest BCUT2D eigenvalue weighted by Crippen LogP contribution is -1.99. The van der Waals surface area contributed by atoms with Gasteiger partial charge in [-0.15, -0.1) is 0 Å². The van der Waals surface area contributed by atoms with E-state index in [-0.39, 0.29) is 0 Å². The zero-order valence-electron chi connectivity index (χ0n) is 13.3. The fourth-order valence-corrected chi connectivity index (χ4v) is 2.92. The first-order valence-electron chi connectivity index (χ1n) is 7.70. The lowest BCUT2D eigenvalue weighted by molar-refractivity contribution is 0.895. The van der Waals surface area contributed by atoms with Crippen molar-refractivity contribution in [3.05, 3.63) is 76.7 Å². The number of rotatable bonds is 4. The molecule has 8 heteroatoms. The van der Waals surface area contributed by atoms with Crippen LogP contribution in [0.3, 0.4) is 0 Å². The maximum absolute atomic E-state index is 6.14. The molecule has 1 N–H and O–H groups in total. The summed E-state index contributed by atoms with van der Waals surface area (Å²) in [5, 5.41) is 10.5. The maximum Gasteiger partial charge on any atom is 0.168 e. The van der Waals surface area contributed by atoms with E-state index in [9.17, 15) is 0 Å². The molecule has 128 valence electrons. The van der Waals surface area contributed by atoms with Crippen molar-refractivity contribution < 1.29 is 0 Å². The summed E-state index contributed by atoms with van der Waals surface area (Å²) in [6, 6.07) is 15.0. The predicted molar refractivity (Wildman–Crippen MR) is 104 cm³/mol. The van der Waals surface area contributed by atoms with Crippen LogP contribution in [0.4, 0.5) is 5.82 Å². The minimum Gasteiger partial charge on any atom is -0.261 e. The van der Waals surface area contributed by atoms with Gasteiger partial charge in [0.15, 0.2) is 11.5 Å². The Hall–Kier alpha value is -2.96. The average molecular weight is 383 g/mol. The van der Waals surface area contributed by atoms with Crippen molar-refractivity contribution in [3.8, 4) is 5.69 Å². The highest BCUT2D eigenvalue weighted by Crippen LogP contribution is 2.22. The topological polar surface area (TPSA) is 68.0 Å². The summed E-state index contributed by atoms with van der Waals surface area (Å²) >= 11 is 12.0. The van der Waals surface area contributed by atoms with Gasteiger partial charge in [0.1, 0.15) is 6.33 Å². The minimum atomic E-state index is 0.521. The van der Waals surface area contributed by atoms with Crippen molar-refractivity contribution in [1.29, 1.82) is 0 Å². The van der Waals surface area contributed by atoms with E-state index < -0.39 is 0 Å². The monoisotopic (exact) mass is 382 g/mol. The van der Waals surface area contributed by atoms with Crippen LogP contribution in [-0.4, -0.2) is 26.0 Å². The van der Waals surface area contributed by atoms with Crippen LogP contribution in [0.15, 0.2) is 66.2 Å². The lowest BCUT2D eigenvalue weighted by Gasteiger charge is -2.04. The summed E-state index contributed by atoms with van der Waals surface area (Å²) in [4.78, 5) is 8.57. The molecule has 0 atom stereocenters. The number of hydrazone groups is 1. The first kappa shape index (κ1) is 16.5. The number of anilines is 1. The van der Waals surface area contributed by atoms with E-state index in [1.54, 1.807) is 35.3 Å². The van der Waals surface area contributed by atoms with Gasteiger partial charge in [-0.2, -0.15) is 10.2 Å².